The zero-order chi connectivity index (χ0) is 11.5. The Labute approximate surface area is 91.6 Å². The molecule has 1 rings (SSSR count). The molecule has 2 N–H and O–H groups in total. The molecule has 1 aromatic rings. The van der Waals surface area contributed by atoms with Crippen LogP contribution in [0.15, 0.2) is 24.3 Å². The van der Waals surface area contributed by atoms with E-state index in [1.54, 1.807) is 13.8 Å². The summed E-state index contributed by atoms with van der Waals surface area (Å²) in [5, 5.41) is 18.8. The van der Waals surface area contributed by atoms with Gasteiger partial charge in [0.2, 0.25) is 0 Å². The second-order valence-electron chi connectivity index (χ2n) is 4.82. The third-order valence-electron chi connectivity index (χ3n) is 2.43. The van der Waals surface area contributed by atoms with Gasteiger partial charge in [0.05, 0.1) is 5.60 Å². The van der Waals surface area contributed by atoms with E-state index >= 15 is 0 Å². The van der Waals surface area contributed by atoms with Gasteiger partial charge in [-0.15, -0.1) is 0 Å². The minimum Gasteiger partial charge on any atom is -0.396 e. The van der Waals surface area contributed by atoms with E-state index in [9.17, 15) is 5.11 Å². The Kier molecular flexibility index (Phi) is 3.89. The summed E-state index contributed by atoms with van der Waals surface area (Å²) in [6.45, 7) is 5.75. The maximum atomic E-state index is 9.71. The molecular formula is C13H20O2. The van der Waals surface area contributed by atoms with Gasteiger partial charge in [-0.25, -0.2) is 0 Å². The number of hydrogen-bond acceptors (Lipinski definition) is 2. The first kappa shape index (κ1) is 12.2. The average Bonchev–Trinajstić information content (AvgIpc) is 2.14. The van der Waals surface area contributed by atoms with Crippen molar-refractivity contribution in [2.45, 2.75) is 38.7 Å². The highest BCUT2D eigenvalue weighted by molar-refractivity contribution is 5.27. The summed E-state index contributed by atoms with van der Waals surface area (Å²) in [5.41, 5.74) is 1.56. The monoisotopic (exact) mass is 208 g/mol. The first-order valence-corrected chi connectivity index (χ1v) is 5.34. The van der Waals surface area contributed by atoms with E-state index in [0.717, 1.165) is 11.1 Å². The Hall–Kier alpha value is -0.860. The summed E-state index contributed by atoms with van der Waals surface area (Å²) in [4.78, 5) is 0. The van der Waals surface area contributed by atoms with E-state index < -0.39 is 5.60 Å². The minimum absolute atomic E-state index is 0.159. The van der Waals surface area contributed by atoms with Crippen LogP contribution in [-0.2, 0) is 6.42 Å². The van der Waals surface area contributed by atoms with Gasteiger partial charge in [-0.3, -0.25) is 0 Å². The van der Waals surface area contributed by atoms with E-state index in [1.807, 2.05) is 25.1 Å². The Bertz CT molecular complexity index is 313. The summed E-state index contributed by atoms with van der Waals surface area (Å²) >= 11 is 0. The van der Waals surface area contributed by atoms with Crippen LogP contribution in [-0.4, -0.2) is 22.4 Å². The van der Waals surface area contributed by atoms with Crippen molar-refractivity contribution in [3.63, 3.8) is 0 Å². The molecule has 0 saturated heterocycles. The standard InChI is InChI=1S/C13H20O2/c1-10(9-14)12-6-4-5-11(7-12)8-13(2,3)15/h4-7,10,14-15H,8-9H2,1-3H3. The van der Waals surface area contributed by atoms with Gasteiger partial charge >= 0.3 is 0 Å². The molecule has 2 heteroatoms. The van der Waals surface area contributed by atoms with Gasteiger partial charge < -0.3 is 10.2 Å². The smallest absolute Gasteiger partial charge is 0.0631 e. The van der Waals surface area contributed by atoms with Crippen LogP contribution in [0.5, 0.6) is 0 Å². The predicted molar refractivity (Wildman–Crippen MR) is 61.9 cm³/mol. The van der Waals surface area contributed by atoms with Crippen molar-refractivity contribution in [2.75, 3.05) is 6.61 Å². The molecule has 0 amide bonds. The zero-order valence-electron chi connectivity index (χ0n) is 9.70. The number of hydrogen-bond donors (Lipinski definition) is 2. The average molecular weight is 208 g/mol. The Morgan fingerprint density at radius 1 is 1.33 bits per heavy atom. The van der Waals surface area contributed by atoms with Crippen LogP contribution < -0.4 is 0 Å². The summed E-state index contributed by atoms with van der Waals surface area (Å²) < 4.78 is 0. The number of benzene rings is 1. The van der Waals surface area contributed by atoms with Crippen LogP contribution in [0.25, 0.3) is 0 Å². The van der Waals surface area contributed by atoms with Gasteiger partial charge in [-0.1, -0.05) is 31.2 Å². The molecule has 0 radical (unpaired) electrons. The lowest BCUT2D eigenvalue weighted by Crippen LogP contribution is -2.21. The van der Waals surface area contributed by atoms with Gasteiger partial charge in [0.25, 0.3) is 0 Å². The predicted octanol–water partition coefficient (Wildman–Crippen LogP) is 2.10. The Balaban J connectivity index is 2.83. The Morgan fingerprint density at radius 2 is 2.00 bits per heavy atom. The molecule has 2 nitrogen and oxygen atoms in total. The lowest BCUT2D eigenvalue weighted by Gasteiger charge is -2.18. The summed E-state index contributed by atoms with van der Waals surface area (Å²) in [5.74, 6) is 0.159. The molecule has 0 heterocycles. The van der Waals surface area contributed by atoms with Gasteiger partial charge in [0.1, 0.15) is 0 Å². The molecule has 0 aromatic heterocycles. The third-order valence-corrected chi connectivity index (χ3v) is 2.43. The fraction of sp³-hybridized carbons (Fsp3) is 0.538. The molecule has 0 fully saturated rings. The maximum absolute atomic E-state index is 9.71. The Morgan fingerprint density at radius 3 is 2.53 bits per heavy atom. The van der Waals surface area contributed by atoms with Crippen LogP contribution in [0.4, 0.5) is 0 Å². The lowest BCUT2D eigenvalue weighted by atomic mass is 9.94. The first-order chi connectivity index (χ1) is 6.92. The highest BCUT2D eigenvalue weighted by Crippen LogP contribution is 2.19. The normalized spacial score (nSPS) is 13.9. The molecule has 1 unspecified atom stereocenters. The molecule has 0 spiro atoms. The minimum atomic E-state index is -0.679. The highest BCUT2D eigenvalue weighted by atomic mass is 16.3. The number of aliphatic hydroxyl groups excluding tert-OH is 1. The molecule has 15 heavy (non-hydrogen) atoms. The molecule has 84 valence electrons. The van der Waals surface area contributed by atoms with Crippen LogP contribution in [0.2, 0.25) is 0 Å². The second kappa shape index (κ2) is 4.77. The number of aliphatic hydroxyl groups is 2. The van der Waals surface area contributed by atoms with Crippen molar-refractivity contribution >= 4 is 0 Å². The van der Waals surface area contributed by atoms with Crippen molar-refractivity contribution in [2.24, 2.45) is 0 Å². The van der Waals surface area contributed by atoms with E-state index in [4.69, 9.17) is 5.11 Å². The van der Waals surface area contributed by atoms with Gasteiger partial charge in [0.15, 0.2) is 0 Å². The van der Waals surface area contributed by atoms with Gasteiger partial charge in [-0.2, -0.15) is 0 Å². The summed E-state index contributed by atoms with van der Waals surface area (Å²) in [6.07, 6.45) is 0.638. The van der Waals surface area contributed by atoms with Crippen molar-refractivity contribution < 1.29 is 10.2 Å². The fourth-order valence-electron chi connectivity index (χ4n) is 1.61. The quantitative estimate of drug-likeness (QED) is 0.795. The van der Waals surface area contributed by atoms with Crippen LogP contribution in [0, 0.1) is 0 Å². The van der Waals surface area contributed by atoms with E-state index in [2.05, 4.69) is 6.07 Å². The molecule has 0 bridgehead atoms. The highest BCUT2D eigenvalue weighted by Gasteiger charge is 2.14. The largest absolute Gasteiger partial charge is 0.396 e. The molecule has 0 aliphatic heterocycles. The third kappa shape index (κ3) is 4.02. The molecule has 1 aromatic carbocycles. The van der Waals surface area contributed by atoms with Crippen LogP contribution in [0.3, 0.4) is 0 Å². The van der Waals surface area contributed by atoms with Crippen LogP contribution in [0.1, 0.15) is 37.8 Å². The topological polar surface area (TPSA) is 40.5 Å². The van der Waals surface area contributed by atoms with Gasteiger partial charge in [0, 0.05) is 18.9 Å². The van der Waals surface area contributed by atoms with Gasteiger partial charge in [-0.05, 0) is 25.0 Å². The van der Waals surface area contributed by atoms with Crippen molar-refractivity contribution in [1.82, 2.24) is 0 Å². The molecule has 0 aliphatic rings. The summed E-state index contributed by atoms with van der Waals surface area (Å²) in [7, 11) is 0. The van der Waals surface area contributed by atoms with E-state index in [-0.39, 0.29) is 12.5 Å². The molecule has 0 aliphatic carbocycles. The first-order valence-electron chi connectivity index (χ1n) is 5.34. The summed E-state index contributed by atoms with van der Waals surface area (Å²) in [6, 6.07) is 8.04. The van der Waals surface area contributed by atoms with Crippen molar-refractivity contribution in [3.8, 4) is 0 Å². The number of rotatable bonds is 4. The second-order valence-corrected chi connectivity index (χ2v) is 4.82. The fourth-order valence-corrected chi connectivity index (χ4v) is 1.61. The molecule has 0 saturated carbocycles. The lowest BCUT2D eigenvalue weighted by molar-refractivity contribution is 0.0810. The maximum Gasteiger partial charge on any atom is 0.0631 e. The van der Waals surface area contributed by atoms with Crippen molar-refractivity contribution in [1.29, 1.82) is 0 Å². The zero-order valence-corrected chi connectivity index (χ0v) is 9.70. The van der Waals surface area contributed by atoms with E-state index in [0.29, 0.717) is 6.42 Å². The van der Waals surface area contributed by atoms with Crippen molar-refractivity contribution in [3.05, 3.63) is 35.4 Å². The van der Waals surface area contributed by atoms with Crippen LogP contribution >= 0.6 is 0 Å². The molecular weight excluding hydrogens is 188 g/mol. The SMILES string of the molecule is CC(CO)c1cccc(CC(C)(C)O)c1. The van der Waals surface area contributed by atoms with E-state index in [1.165, 1.54) is 0 Å². The molecule has 1 atom stereocenters.